The Morgan fingerprint density at radius 2 is 0.667 bits per heavy atom. The molecule has 21 nitrogen and oxygen atoms in total. The average molecular weight is 667 g/mol. The smallest absolute Gasteiger partial charge is 0.187 e. The van der Waals surface area contributed by atoms with Gasteiger partial charge >= 0.3 is 0 Å². The lowest BCUT2D eigenvalue weighted by Crippen LogP contribution is -2.67. The summed E-state index contributed by atoms with van der Waals surface area (Å²) < 4.78 is 32.1. The molecule has 0 amide bonds. The number of hydrogen-bond donors (Lipinski definition) is 15. The highest BCUT2D eigenvalue weighted by Crippen LogP contribution is 2.31. The summed E-state index contributed by atoms with van der Waals surface area (Å²) in [6, 6.07) is 0. The van der Waals surface area contributed by atoms with Crippen LogP contribution in [-0.2, 0) is 28.4 Å². The van der Waals surface area contributed by atoms with Crippen LogP contribution in [0.4, 0.5) is 0 Å². The van der Waals surface area contributed by atoms with Crippen LogP contribution in [0.3, 0.4) is 0 Å². The van der Waals surface area contributed by atoms with Gasteiger partial charge in [-0.1, -0.05) is 0 Å². The summed E-state index contributed by atoms with van der Waals surface area (Å²) in [5.41, 5.74) is 0. The van der Waals surface area contributed by atoms with Crippen molar-refractivity contribution in [2.75, 3.05) is 19.8 Å². The maximum atomic E-state index is 10.4. The molecule has 21 heteroatoms. The maximum Gasteiger partial charge on any atom is 0.187 e. The van der Waals surface area contributed by atoms with E-state index in [4.69, 9.17) is 28.4 Å². The van der Waals surface area contributed by atoms with Crippen LogP contribution in [0, 0.1) is 0 Å². The van der Waals surface area contributed by atoms with E-state index < -0.39 is 149 Å². The molecule has 4 rings (SSSR count). The van der Waals surface area contributed by atoms with Crippen molar-refractivity contribution in [3.05, 3.63) is 0 Å². The van der Waals surface area contributed by atoms with Gasteiger partial charge in [0.2, 0.25) is 0 Å². The Bertz CT molecular complexity index is 915. The third-order valence-corrected chi connectivity index (χ3v) is 8.40. The quantitative estimate of drug-likeness (QED) is 0.109. The monoisotopic (exact) mass is 666 g/mol. The topological polar surface area (TPSA) is 359 Å². The molecule has 1 saturated carbocycles. The third-order valence-electron chi connectivity index (χ3n) is 8.40. The predicted octanol–water partition coefficient (Wildman–Crippen LogP) is -10.4. The SMILES string of the molecule is OCC1O[C@H](OCC2O[C@@H](OCC3O[C@H](OC4C(O)[C@H](O)C(O)[C@H](O)[C@@H]4O)C(O)[C@H](O)[C@H]3O)C(O)[C@H](O)[C@H]2O)C(O)[C@H](O)[C@H]1O. The van der Waals surface area contributed by atoms with E-state index in [0.717, 1.165) is 0 Å². The fraction of sp³-hybridized carbons (Fsp3) is 1.00. The van der Waals surface area contributed by atoms with Crippen molar-refractivity contribution in [1.82, 2.24) is 0 Å². The van der Waals surface area contributed by atoms with E-state index in [9.17, 15) is 76.6 Å². The molecule has 9 unspecified atom stereocenters. The van der Waals surface area contributed by atoms with E-state index in [0.29, 0.717) is 0 Å². The molecule has 0 aromatic heterocycles. The zero-order valence-corrected chi connectivity index (χ0v) is 23.4. The molecule has 3 aliphatic heterocycles. The number of rotatable bonds is 9. The summed E-state index contributed by atoms with van der Waals surface area (Å²) in [6.07, 6.45) is -38.1. The fourth-order valence-corrected chi connectivity index (χ4v) is 5.46. The molecule has 3 heterocycles. The van der Waals surface area contributed by atoms with Gasteiger partial charge in [-0.25, -0.2) is 0 Å². The number of ether oxygens (including phenoxy) is 6. The molecule has 0 radical (unpaired) electrons. The summed E-state index contributed by atoms with van der Waals surface area (Å²) >= 11 is 0. The van der Waals surface area contributed by atoms with Crippen LogP contribution in [0.1, 0.15) is 0 Å². The minimum atomic E-state index is -2.01. The first-order valence-electron chi connectivity index (χ1n) is 14.1. The minimum absolute atomic E-state index is 0.657. The second kappa shape index (κ2) is 15.1. The van der Waals surface area contributed by atoms with Crippen LogP contribution >= 0.6 is 0 Å². The molecule has 4 fully saturated rings. The Morgan fingerprint density at radius 1 is 0.356 bits per heavy atom. The summed E-state index contributed by atoms with van der Waals surface area (Å²) in [4.78, 5) is 0. The molecule has 0 aromatic carbocycles. The number of hydrogen-bond acceptors (Lipinski definition) is 21. The van der Waals surface area contributed by atoms with Crippen LogP contribution in [0.5, 0.6) is 0 Å². The van der Waals surface area contributed by atoms with Gasteiger partial charge in [0.25, 0.3) is 0 Å². The molecule has 45 heavy (non-hydrogen) atoms. The summed E-state index contributed by atoms with van der Waals surface area (Å²) in [5.74, 6) is 0. The van der Waals surface area contributed by atoms with Gasteiger partial charge in [0.05, 0.1) is 19.8 Å². The van der Waals surface area contributed by atoms with Gasteiger partial charge in [-0.2, -0.15) is 0 Å². The Hall–Kier alpha value is -0.840. The third kappa shape index (κ3) is 7.44. The normalized spacial score (nSPS) is 54.6. The highest BCUT2D eigenvalue weighted by atomic mass is 16.7. The summed E-state index contributed by atoms with van der Waals surface area (Å²) in [5, 5.41) is 152. The summed E-state index contributed by atoms with van der Waals surface area (Å²) in [6.45, 7) is -2.15. The van der Waals surface area contributed by atoms with Crippen LogP contribution in [0.25, 0.3) is 0 Å². The molecule has 264 valence electrons. The molecule has 0 aromatic rings. The molecule has 1 aliphatic carbocycles. The lowest BCUT2D eigenvalue weighted by molar-refractivity contribution is -0.354. The van der Waals surface area contributed by atoms with Gasteiger partial charge in [-0.3, -0.25) is 0 Å². The highest BCUT2D eigenvalue weighted by molar-refractivity contribution is 5.01. The van der Waals surface area contributed by atoms with E-state index in [2.05, 4.69) is 0 Å². The van der Waals surface area contributed by atoms with Crippen molar-refractivity contribution in [2.24, 2.45) is 0 Å². The second-order valence-electron chi connectivity index (χ2n) is 11.4. The Labute approximate surface area is 254 Å². The van der Waals surface area contributed by atoms with E-state index in [1.807, 2.05) is 0 Å². The van der Waals surface area contributed by atoms with Crippen LogP contribution in [0.2, 0.25) is 0 Å². The van der Waals surface area contributed by atoms with Crippen LogP contribution in [-0.4, -0.2) is 225 Å². The van der Waals surface area contributed by atoms with Crippen molar-refractivity contribution < 1.29 is 105 Å². The van der Waals surface area contributed by atoms with Gasteiger partial charge in [0.15, 0.2) is 18.9 Å². The number of aliphatic hydroxyl groups excluding tert-OH is 15. The van der Waals surface area contributed by atoms with E-state index >= 15 is 0 Å². The zero-order valence-electron chi connectivity index (χ0n) is 23.4. The molecular weight excluding hydrogens is 624 g/mol. The number of aliphatic hydroxyl groups is 15. The maximum absolute atomic E-state index is 10.4. The minimum Gasteiger partial charge on any atom is -0.394 e. The first-order valence-corrected chi connectivity index (χ1v) is 14.1. The van der Waals surface area contributed by atoms with Crippen LogP contribution < -0.4 is 0 Å². The standard InChI is InChI=1S/C24H42O21/c25-1-4-7(26)10(29)18(37)22(42-4)40-2-5-8(27)11(30)19(38)23(43-5)41-3-6-9(28)12(31)20(39)24(44-6)45-21-16(35)14(33)13(32)15(34)17(21)36/h4-39H,1-3H2/t4?,5?,6?,7-,8-,9-,10+,11+,12+,13?,14-,15+,16-,17?,18?,19?,20?,21?,22-,23+,24+/m0/s1. The molecule has 15 N–H and O–H groups in total. The van der Waals surface area contributed by atoms with Crippen LogP contribution in [0.15, 0.2) is 0 Å². The molecule has 21 atom stereocenters. The lowest BCUT2D eigenvalue weighted by Gasteiger charge is -2.46. The Kier molecular flexibility index (Phi) is 12.5. The molecule has 3 saturated heterocycles. The van der Waals surface area contributed by atoms with Crippen molar-refractivity contribution in [3.63, 3.8) is 0 Å². The van der Waals surface area contributed by atoms with Gasteiger partial charge in [-0.05, 0) is 0 Å². The average Bonchev–Trinajstić information content (AvgIpc) is 3.03. The summed E-state index contributed by atoms with van der Waals surface area (Å²) in [7, 11) is 0. The lowest BCUT2D eigenvalue weighted by atomic mass is 9.84. The second-order valence-corrected chi connectivity index (χ2v) is 11.4. The van der Waals surface area contributed by atoms with Crippen molar-refractivity contribution in [3.8, 4) is 0 Å². The molecule has 0 bridgehead atoms. The van der Waals surface area contributed by atoms with Crippen molar-refractivity contribution in [1.29, 1.82) is 0 Å². The Morgan fingerprint density at radius 3 is 1.09 bits per heavy atom. The van der Waals surface area contributed by atoms with E-state index in [1.165, 1.54) is 0 Å². The molecule has 0 spiro atoms. The highest BCUT2D eigenvalue weighted by Gasteiger charge is 2.53. The van der Waals surface area contributed by atoms with Gasteiger partial charge in [-0.15, -0.1) is 0 Å². The van der Waals surface area contributed by atoms with Gasteiger partial charge in [0, 0.05) is 0 Å². The largest absolute Gasteiger partial charge is 0.394 e. The van der Waals surface area contributed by atoms with E-state index in [-0.39, 0.29) is 0 Å². The van der Waals surface area contributed by atoms with Crippen molar-refractivity contribution in [2.45, 2.75) is 129 Å². The first kappa shape index (κ1) is 37.0. The predicted molar refractivity (Wildman–Crippen MR) is 134 cm³/mol. The van der Waals surface area contributed by atoms with E-state index in [1.54, 1.807) is 0 Å². The van der Waals surface area contributed by atoms with Crippen molar-refractivity contribution >= 4 is 0 Å². The molecule has 4 aliphatic rings. The first-order chi connectivity index (χ1) is 21.1. The van der Waals surface area contributed by atoms with Gasteiger partial charge in [0.1, 0.15) is 110 Å². The molecular formula is C24H42O21. The Balaban J connectivity index is 1.38. The fourth-order valence-electron chi connectivity index (χ4n) is 5.46. The van der Waals surface area contributed by atoms with Gasteiger partial charge < -0.3 is 105 Å². The zero-order chi connectivity index (χ0) is 33.5.